The van der Waals surface area contributed by atoms with Crippen LogP contribution in [0.3, 0.4) is 0 Å². The van der Waals surface area contributed by atoms with Gasteiger partial charge in [0.05, 0.1) is 7.14 Å². The summed E-state index contributed by atoms with van der Waals surface area (Å²) < 4.78 is 14.8. The topological polar surface area (TPSA) is 31.4 Å². The van der Waals surface area contributed by atoms with Crippen molar-refractivity contribution in [2.24, 2.45) is 0 Å². The Labute approximate surface area is 279 Å². The highest BCUT2D eigenvalue weighted by Gasteiger charge is 2.16. The monoisotopic (exact) mass is 802 g/mol. The van der Waals surface area contributed by atoms with E-state index in [-0.39, 0.29) is 12.4 Å². The van der Waals surface area contributed by atoms with Crippen LogP contribution in [0.4, 0.5) is 0 Å². The van der Waals surface area contributed by atoms with E-state index in [0.717, 1.165) is 95.2 Å². The summed E-state index contributed by atoms with van der Waals surface area (Å²) in [5.41, 5.74) is 5.00. The molecule has 0 radical (unpaired) electrons. The molecule has 0 unspecified atom stereocenters. The Hall–Kier alpha value is -1.15. The highest BCUT2D eigenvalue weighted by molar-refractivity contribution is 14.1. The Morgan fingerprint density at radius 1 is 0.561 bits per heavy atom. The van der Waals surface area contributed by atoms with Gasteiger partial charge >= 0.3 is 0 Å². The fourth-order valence-corrected chi connectivity index (χ4v) is 6.65. The van der Waals surface area contributed by atoms with E-state index >= 15 is 0 Å². The lowest BCUT2D eigenvalue weighted by atomic mass is 10.1. The second kappa shape index (κ2) is 16.1. The average Bonchev–Trinajstić information content (AvgIpc) is 2.95. The van der Waals surface area contributed by atoms with Gasteiger partial charge in [-0.1, -0.05) is 30.3 Å². The van der Waals surface area contributed by atoms with Gasteiger partial charge in [0.1, 0.15) is 24.7 Å². The molecule has 0 saturated carbocycles. The fraction of sp³-hybridized carbons (Fsp3) is 0.438. The molecule has 3 aromatic rings. The van der Waals surface area contributed by atoms with Crippen molar-refractivity contribution in [3.05, 3.63) is 90.1 Å². The maximum Gasteiger partial charge on any atom is 0.133 e. The van der Waals surface area contributed by atoms with Gasteiger partial charge in [-0.3, -0.25) is 9.80 Å². The highest BCUT2D eigenvalue weighted by Crippen LogP contribution is 2.26. The smallest absolute Gasteiger partial charge is 0.133 e. The van der Waals surface area contributed by atoms with Gasteiger partial charge in [-0.05, 0) is 112 Å². The molecule has 2 saturated heterocycles. The molecular formula is C32H41ClI2N4O2. The first-order valence-electron chi connectivity index (χ1n) is 14.1. The summed E-state index contributed by atoms with van der Waals surface area (Å²) in [7, 11) is 4.40. The number of piperazine rings is 2. The van der Waals surface area contributed by atoms with Crippen LogP contribution in [0, 0.1) is 7.14 Å². The lowest BCUT2D eigenvalue weighted by Crippen LogP contribution is -2.43. The van der Waals surface area contributed by atoms with Gasteiger partial charge in [0.15, 0.2) is 0 Å². The first kappa shape index (κ1) is 32.8. The molecule has 0 aromatic heterocycles. The Kier molecular flexibility index (Phi) is 12.8. The first-order chi connectivity index (χ1) is 19.4. The van der Waals surface area contributed by atoms with Crippen LogP contribution in [0.5, 0.6) is 11.5 Å². The minimum Gasteiger partial charge on any atom is -0.488 e. The number of halogens is 3. The molecule has 0 aliphatic carbocycles. The number of likely N-dealkylation sites (N-methyl/N-ethyl adjacent to an activating group) is 2. The minimum absolute atomic E-state index is 0. The summed E-state index contributed by atoms with van der Waals surface area (Å²) in [6.07, 6.45) is 0. The second-order valence-electron chi connectivity index (χ2n) is 11.1. The van der Waals surface area contributed by atoms with Crippen molar-refractivity contribution >= 4 is 57.6 Å². The zero-order chi connectivity index (χ0) is 27.9. The van der Waals surface area contributed by atoms with Crippen LogP contribution in [0.15, 0.2) is 60.7 Å². The molecule has 0 spiro atoms. The van der Waals surface area contributed by atoms with E-state index in [0.29, 0.717) is 13.2 Å². The summed E-state index contributed by atoms with van der Waals surface area (Å²) in [6, 6.07) is 21.7. The van der Waals surface area contributed by atoms with Crippen molar-refractivity contribution in [1.29, 1.82) is 0 Å². The van der Waals surface area contributed by atoms with E-state index < -0.39 is 0 Å². The van der Waals surface area contributed by atoms with E-state index in [1.165, 1.54) is 11.1 Å². The number of nitrogens with zero attached hydrogens (tertiary/aromatic N) is 4. The Morgan fingerprint density at radius 2 is 0.976 bits per heavy atom. The molecule has 5 rings (SSSR count). The van der Waals surface area contributed by atoms with Crippen LogP contribution < -0.4 is 9.47 Å². The first-order valence-corrected chi connectivity index (χ1v) is 16.3. The molecule has 41 heavy (non-hydrogen) atoms. The third-order valence-corrected chi connectivity index (χ3v) is 9.46. The van der Waals surface area contributed by atoms with E-state index in [2.05, 4.69) is 140 Å². The molecule has 0 N–H and O–H groups in total. The number of ether oxygens (including phenoxy) is 2. The summed E-state index contributed by atoms with van der Waals surface area (Å²) >= 11 is 4.79. The molecule has 2 aliphatic rings. The summed E-state index contributed by atoms with van der Waals surface area (Å²) in [6.45, 7) is 12.2. The molecule has 3 aromatic carbocycles. The van der Waals surface area contributed by atoms with Crippen LogP contribution in [0.25, 0.3) is 0 Å². The zero-order valence-electron chi connectivity index (χ0n) is 24.0. The molecule has 0 bridgehead atoms. The van der Waals surface area contributed by atoms with Crippen molar-refractivity contribution in [2.45, 2.75) is 26.3 Å². The van der Waals surface area contributed by atoms with Gasteiger partial charge < -0.3 is 19.3 Å². The number of rotatable bonds is 10. The molecule has 0 amide bonds. The fourth-order valence-electron chi connectivity index (χ4n) is 5.18. The largest absolute Gasteiger partial charge is 0.488 e. The summed E-state index contributed by atoms with van der Waals surface area (Å²) in [4.78, 5) is 9.85. The third-order valence-electron chi connectivity index (χ3n) is 7.78. The molecular weight excluding hydrogens is 762 g/mol. The van der Waals surface area contributed by atoms with E-state index in [9.17, 15) is 0 Å². The third kappa shape index (κ3) is 9.94. The van der Waals surface area contributed by atoms with Crippen molar-refractivity contribution in [2.75, 3.05) is 66.5 Å². The lowest BCUT2D eigenvalue weighted by Gasteiger charge is -2.32. The van der Waals surface area contributed by atoms with Crippen LogP contribution in [-0.2, 0) is 26.3 Å². The van der Waals surface area contributed by atoms with Gasteiger partial charge in [0, 0.05) is 65.4 Å². The van der Waals surface area contributed by atoms with E-state index in [1.807, 2.05) is 0 Å². The summed E-state index contributed by atoms with van der Waals surface area (Å²) in [5.74, 6) is 1.88. The predicted octanol–water partition coefficient (Wildman–Crippen LogP) is 5.97. The predicted molar refractivity (Wildman–Crippen MR) is 186 cm³/mol. The number of hydrogen-bond acceptors (Lipinski definition) is 6. The Balaban J connectivity index is 0.00000387. The zero-order valence-corrected chi connectivity index (χ0v) is 29.2. The highest BCUT2D eigenvalue weighted by atomic mass is 127. The molecule has 2 aliphatic heterocycles. The van der Waals surface area contributed by atoms with Crippen LogP contribution in [0.1, 0.15) is 22.3 Å². The molecule has 9 heteroatoms. The summed E-state index contributed by atoms with van der Waals surface area (Å²) in [5, 5.41) is 0. The average molecular weight is 803 g/mol. The SMILES string of the molecule is CN1CCN(Cc2ccc(OCc3cccc(COc4ccc(CN5CCN(C)CC5)cc4I)c3)c(I)c2)CC1.Cl. The van der Waals surface area contributed by atoms with Gasteiger partial charge in [-0.25, -0.2) is 0 Å². The maximum atomic E-state index is 6.22. The molecule has 2 heterocycles. The van der Waals surface area contributed by atoms with Crippen molar-refractivity contribution in [3.63, 3.8) is 0 Å². The van der Waals surface area contributed by atoms with Gasteiger partial charge in [0.25, 0.3) is 0 Å². The lowest BCUT2D eigenvalue weighted by molar-refractivity contribution is 0.148. The molecule has 2 fully saturated rings. The normalized spacial score (nSPS) is 17.3. The minimum atomic E-state index is 0. The Morgan fingerprint density at radius 3 is 1.37 bits per heavy atom. The number of hydrogen-bond donors (Lipinski definition) is 0. The van der Waals surface area contributed by atoms with E-state index in [4.69, 9.17) is 9.47 Å². The molecule has 222 valence electrons. The molecule has 6 nitrogen and oxygen atoms in total. The van der Waals surface area contributed by atoms with Crippen molar-refractivity contribution in [1.82, 2.24) is 19.6 Å². The van der Waals surface area contributed by atoms with Crippen LogP contribution in [-0.4, -0.2) is 86.1 Å². The van der Waals surface area contributed by atoms with Gasteiger partial charge in [0.2, 0.25) is 0 Å². The van der Waals surface area contributed by atoms with Crippen molar-refractivity contribution in [3.8, 4) is 11.5 Å². The van der Waals surface area contributed by atoms with E-state index in [1.54, 1.807) is 0 Å². The van der Waals surface area contributed by atoms with Crippen LogP contribution in [0.2, 0.25) is 0 Å². The quantitative estimate of drug-likeness (QED) is 0.235. The second-order valence-corrected chi connectivity index (χ2v) is 13.4. The Bertz CT molecular complexity index is 1170. The molecule has 0 atom stereocenters. The van der Waals surface area contributed by atoms with Crippen molar-refractivity contribution < 1.29 is 9.47 Å². The van der Waals surface area contributed by atoms with Crippen LogP contribution >= 0.6 is 57.6 Å². The number of benzene rings is 3. The standard InChI is InChI=1S/C32H40I2N4O2.ClH/c1-35-10-14-37(15-11-35)21-25-6-8-31(29(33)19-25)39-23-27-4-3-5-28(18-27)24-40-32-9-7-26(20-30(32)34)22-38-16-12-36(2)13-17-38;/h3-9,18-20H,10-17,21-24H2,1-2H3;1H. The van der Waals surface area contributed by atoms with Gasteiger partial charge in [-0.2, -0.15) is 0 Å². The maximum absolute atomic E-state index is 6.22. The van der Waals surface area contributed by atoms with Gasteiger partial charge in [-0.15, -0.1) is 12.4 Å².